The molecule has 0 aliphatic carbocycles. The molecule has 0 saturated carbocycles. The van der Waals surface area contributed by atoms with Crippen molar-refractivity contribution < 1.29 is 13.2 Å². The topological polar surface area (TPSA) is 66.5 Å². The zero-order valence-electron chi connectivity index (χ0n) is 14.6. The first-order valence-electron chi connectivity index (χ1n) is 7.72. The summed E-state index contributed by atoms with van der Waals surface area (Å²) in [4.78, 5) is 12.6. The Kier molecular flexibility index (Phi) is 5.75. The van der Waals surface area contributed by atoms with Crippen molar-refractivity contribution in [2.24, 2.45) is 0 Å². The van der Waals surface area contributed by atoms with Crippen LogP contribution in [-0.4, -0.2) is 26.6 Å². The number of hydrogen-bond acceptors (Lipinski definition) is 3. The third-order valence-corrected chi connectivity index (χ3v) is 5.40. The summed E-state index contributed by atoms with van der Waals surface area (Å²) in [6.07, 6.45) is 1.06. The first-order valence-corrected chi connectivity index (χ1v) is 9.95. The van der Waals surface area contributed by atoms with Crippen LogP contribution in [0.1, 0.15) is 18.1 Å². The number of sulfonamides is 1. The molecule has 0 saturated heterocycles. The van der Waals surface area contributed by atoms with Gasteiger partial charge >= 0.3 is 0 Å². The summed E-state index contributed by atoms with van der Waals surface area (Å²) in [7, 11) is -3.67. The Hall–Kier alpha value is -2.05. The molecule has 0 aliphatic rings. The molecule has 0 heterocycles. The highest BCUT2D eigenvalue weighted by Gasteiger charge is 2.29. The minimum atomic E-state index is -3.67. The highest BCUT2D eigenvalue weighted by Crippen LogP contribution is 2.25. The molecule has 1 amide bonds. The summed E-state index contributed by atoms with van der Waals surface area (Å²) in [6, 6.07) is 11.0. The van der Waals surface area contributed by atoms with Crippen LogP contribution in [0.3, 0.4) is 0 Å². The molecule has 1 N–H and O–H groups in total. The van der Waals surface area contributed by atoms with Gasteiger partial charge in [-0.25, -0.2) is 8.42 Å². The summed E-state index contributed by atoms with van der Waals surface area (Å²) < 4.78 is 25.6. The molecule has 25 heavy (non-hydrogen) atoms. The second-order valence-corrected chi connectivity index (χ2v) is 8.30. The number of aryl methyl sites for hydroxylation is 2. The highest BCUT2D eigenvalue weighted by molar-refractivity contribution is 7.92. The molecule has 5 nitrogen and oxygen atoms in total. The third kappa shape index (κ3) is 4.74. The van der Waals surface area contributed by atoms with Crippen LogP contribution in [0.15, 0.2) is 42.5 Å². The van der Waals surface area contributed by atoms with E-state index in [-0.39, 0.29) is 0 Å². The Morgan fingerprint density at radius 3 is 2.36 bits per heavy atom. The van der Waals surface area contributed by atoms with Crippen molar-refractivity contribution in [2.45, 2.75) is 26.8 Å². The van der Waals surface area contributed by atoms with E-state index in [0.717, 1.165) is 21.7 Å². The molecule has 0 radical (unpaired) electrons. The van der Waals surface area contributed by atoms with Crippen molar-refractivity contribution in [1.82, 2.24) is 0 Å². The lowest BCUT2D eigenvalue weighted by molar-refractivity contribution is -0.116. The Labute approximate surface area is 153 Å². The number of carbonyl (C=O) groups excluding carboxylic acids is 1. The van der Waals surface area contributed by atoms with Gasteiger partial charge in [0.25, 0.3) is 0 Å². The van der Waals surface area contributed by atoms with E-state index in [4.69, 9.17) is 11.6 Å². The van der Waals surface area contributed by atoms with E-state index in [9.17, 15) is 13.2 Å². The summed E-state index contributed by atoms with van der Waals surface area (Å²) in [5, 5.41) is 3.16. The standard InChI is InChI=1S/C18H21ClN2O3S/c1-12-8-9-16(10-13(12)2)20-18(22)14(3)21(25(4,23)24)17-7-5-6-15(19)11-17/h5-11,14H,1-4H3,(H,20,22). The molecule has 2 aromatic rings. The smallest absolute Gasteiger partial charge is 0.247 e. The predicted octanol–water partition coefficient (Wildman–Crippen LogP) is 3.75. The lowest BCUT2D eigenvalue weighted by Gasteiger charge is -2.28. The fraction of sp³-hybridized carbons (Fsp3) is 0.278. The first kappa shape index (κ1) is 19.3. The van der Waals surface area contributed by atoms with E-state index < -0.39 is 22.0 Å². The van der Waals surface area contributed by atoms with Gasteiger partial charge in [-0.2, -0.15) is 0 Å². The van der Waals surface area contributed by atoms with Crippen LogP contribution < -0.4 is 9.62 Å². The van der Waals surface area contributed by atoms with Gasteiger partial charge in [0, 0.05) is 10.7 Å². The second kappa shape index (κ2) is 7.45. The van der Waals surface area contributed by atoms with E-state index >= 15 is 0 Å². The van der Waals surface area contributed by atoms with Crippen molar-refractivity contribution >= 4 is 38.9 Å². The zero-order chi connectivity index (χ0) is 18.8. The number of nitrogens with one attached hydrogen (secondary N) is 1. The molecule has 0 fully saturated rings. The fourth-order valence-corrected chi connectivity index (χ4v) is 3.84. The molecule has 0 aromatic heterocycles. The van der Waals surface area contributed by atoms with Gasteiger partial charge in [-0.15, -0.1) is 0 Å². The number of anilines is 2. The largest absolute Gasteiger partial charge is 0.324 e. The normalized spacial score (nSPS) is 12.5. The second-order valence-electron chi connectivity index (χ2n) is 6.00. The minimum Gasteiger partial charge on any atom is -0.324 e. The van der Waals surface area contributed by atoms with Gasteiger partial charge < -0.3 is 5.32 Å². The Morgan fingerprint density at radius 2 is 1.80 bits per heavy atom. The zero-order valence-corrected chi connectivity index (χ0v) is 16.1. The van der Waals surface area contributed by atoms with Crippen LogP contribution in [0, 0.1) is 13.8 Å². The lowest BCUT2D eigenvalue weighted by Crippen LogP contribution is -2.45. The van der Waals surface area contributed by atoms with Crippen LogP contribution in [0.2, 0.25) is 5.02 Å². The summed E-state index contributed by atoms with van der Waals surface area (Å²) in [5.41, 5.74) is 3.13. The van der Waals surface area contributed by atoms with Crippen LogP contribution in [0.25, 0.3) is 0 Å². The molecule has 2 aromatic carbocycles. The van der Waals surface area contributed by atoms with E-state index in [1.807, 2.05) is 26.0 Å². The number of rotatable bonds is 5. The average molecular weight is 381 g/mol. The summed E-state index contributed by atoms with van der Waals surface area (Å²) in [6.45, 7) is 5.47. The molecule has 0 spiro atoms. The number of nitrogens with zero attached hydrogens (tertiary/aromatic N) is 1. The molecule has 1 atom stereocenters. The lowest BCUT2D eigenvalue weighted by atomic mass is 10.1. The molecule has 7 heteroatoms. The Balaban J connectivity index is 2.31. The van der Waals surface area contributed by atoms with Gasteiger partial charge in [-0.05, 0) is 62.2 Å². The molecule has 0 aliphatic heterocycles. The quantitative estimate of drug-likeness (QED) is 0.858. The number of carbonyl (C=O) groups is 1. The highest BCUT2D eigenvalue weighted by atomic mass is 35.5. The number of benzene rings is 2. The monoisotopic (exact) mass is 380 g/mol. The van der Waals surface area contributed by atoms with Crippen molar-refractivity contribution in [3.63, 3.8) is 0 Å². The number of halogens is 1. The van der Waals surface area contributed by atoms with Crippen LogP contribution in [0.5, 0.6) is 0 Å². The average Bonchev–Trinajstić information content (AvgIpc) is 2.49. The van der Waals surface area contributed by atoms with Gasteiger partial charge in [0.2, 0.25) is 15.9 Å². The minimum absolute atomic E-state index is 0.345. The van der Waals surface area contributed by atoms with Crippen molar-refractivity contribution in [3.8, 4) is 0 Å². The van der Waals surface area contributed by atoms with Gasteiger partial charge in [-0.1, -0.05) is 23.7 Å². The van der Waals surface area contributed by atoms with Crippen molar-refractivity contribution in [2.75, 3.05) is 15.9 Å². The summed E-state index contributed by atoms with van der Waals surface area (Å²) in [5.74, 6) is -0.423. The van der Waals surface area contributed by atoms with E-state index in [2.05, 4.69) is 5.32 Å². The fourth-order valence-electron chi connectivity index (χ4n) is 2.49. The maximum Gasteiger partial charge on any atom is 0.247 e. The predicted molar refractivity (Wildman–Crippen MR) is 103 cm³/mol. The molecular weight excluding hydrogens is 360 g/mol. The van der Waals surface area contributed by atoms with Gasteiger partial charge in [0.1, 0.15) is 6.04 Å². The molecule has 134 valence electrons. The Bertz CT molecular complexity index is 897. The molecule has 2 rings (SSSR count). The van der Waals surface area contributed by atoms with Crippen LogP contribution >= 0.6 is 11.6 Å². The van der Waals surface area contributed by atoms with Crippen LogP contribution in [-0.2, 0) is 14.8 Å². The van der Waals surface area contributed by atoms with Gasteiger partial charge in [0.05, 0.1) is 11.9 Å². The van der Waals surface area contributed by atoms with Crippen LogP contribution in [0.4, 0.5) is 11.4 Å². The van der Waals surface area contributed by atoms with Gasteiger partial charge in [0.15, 0.2) is 0 Å². The molecule has 0 bridgehead atoms. The van der Waals surface area contributed by atoms with E-state index in [1.54, 1.807) is 31.2 Å². The maximum absolute atomic E-state index is 12.6. The maximum atomic E-state index is 12.6. The third-order valence-electron chi connectivity index (χ3n) is 3.93. The van der Waals surface area contributed by atoms with Crippen molar-refractivity contribution in [3.05, 3.63) is 58.6 Å². The Morgan fingerprint density at radius 1 is 1.12 bits per heavy atom. The SMILES string of the molecule is Cc1ccc(NC(=O)C(C)N(c2cccc(Cl)c2)S(C)(=O)=O)cc1C. The number of amides is 1. The molecular formula is C18H21ClN2O3S. The summed E-state index contributed by atoms with van der Waals surface area (Å²) >= 11 is 5.96. The van der Waals surface area contributed by atoms with Crippen molar-refractivity contribution in [1.29, 1.82) is 0 Å². The van der Waals surface area contributed by atoms with Gasteiger partial charge in [-0.3, -0.25) is 9.10 Å². The number of hydrogen-bond donors (Lipinski definition) is 1. The van der Waals surface area contributed by atoms with E-state index in [1.165, 1.54) is 6.07 Å². The van der Waals surface area contributed by atoms with E-state index in [0.29, 0.717) is 16.4 Å². The molecule has 1 unspecified atom stereocenters. The first-order chi connectivity index (χ1) is 11.6.